The first-order valence-electron chi connectivity index (χ1n) is 8.54. The lowest BCUT2D eigenvalue weighted by Crippen LogP contribution is -2.18. The van der Waals surface area contributed by atoms with Crippen molar-refractivity contribution in [2.45, 2.75) is 20.4 Å². The Bertz CT molecular complexity index is 1050. The van der Waals surface area contributed by atoms with Gasteiger partial charge in [-0.05, 0) is 32.0 Å². The number of benzene rings is 2. The molecule has 0 atom stereocenters. The predicted octanol–water partition coefficient (Wildman–Crippen LogP) is 3.94. The Morgan fingerprint density at radius 1 is 1.04 bits per heavy atom. The summed E-state index contributed by atoms with van der Waals surface area (Å²) in [6.45, 7) is 4.21. The summed E-state index contributed by atoms with van der Waals surface area (Å²) >= 11 is 0. The Morgan fingerprint density at radius 2 is 1.71 bits per heavy atom. The smallest absolute Gasteiger partial charge is 0.299 e. The lowest BCUT2D eigenvalue weighted by molar-refractivity contribution is -0.393. The van der Waals surface area contributed by atoms with Crippen LogP contribution in [-0.4, -0.2) is 26.7 Å². The lowest BCUT2D eigenvalue weighted by atomic mass is 10.1. The minimum atomic E-state index is -0.644. The zero-order valence-corrected chi connectivity index (χ0v) is 15.7. The molecule has 0 saturated heterocycles. The summed E-state index contributed by atoms with van der Waals surface area (Å²) in [6, 6.07) is 13.4. The molecule has 28 heavy (non-hydrogen) atoms. The number of nitro groups is 2. The largest absolute Gasteiger partial charge is 0.365 e. The van der Waals surface area contributed by atoms with Crippen molar-refractivity contribution in [2.24, 2.45) is 0 Å². The summed E-state index contributed by atoms with van der Waals surface area (Å²) in [7, 11) is 1.72. The minimum absolute atomic E-state index is 0.303. The van der Waals surface area contributed by atoms with Crippen molar-refractivity contribution in [3.05, 3.63) is 85.7 Å². The standard InChI is InChI=1S/C19H19N5O4/c1-13-17(14(2)22(20-13)15-7-5-4-6-8-15)12-21(3)18-10-9-16(23(25)26)11-19(18)24(27)28/h4-11H,12H2,1-3H3. The van der Waals surface area contributed by atoms with E-state index in [1.807, 2.05) is 48.9 Å². The molecule has 0 aliphatic heterocycles. The fourth-order valence-electron chi connectivity index (χ4n) is 3.14. The van der Waals surface area contributed by atoms with Crippen molar-refractivity contribution in [2.75, 3.05) is 11.9 Å². The highest BCUT2D eigenvalue weighted by Crippen LogP contribution is 2.32. The number of anilines is 1. The number of para-hydroxylation sites is 1. The molecule has 1 aromatic heterocycles. The Hall–Kier alpha value is -3.75. The van der Waals surface area contributed by atoms with Gasteiger partial charge in [0.05, 0.1) is 27.3 Å². The molecule has 0 spiro atoms. The van der Waals surface area contributed by atoms with Crippen molar-refractivity contribution in [1.82, 2.24) is 9.78 Å². The quantitative estimate of drug-likeness (QED) is 0.473. The number of non-ortho nitro benzene ring substituents is 1. The molecule has 9 heteroatoms. The number of hydrogen-bond donors (Lipinski definition) is 0. The van der Waals surface area contributed by atoms with Gasteiger partial charge >= 0.3 is 0 Å². The van der Waals surface area contributed by atoms with Crippen LogP contribution >= 0.6 is 0 Å². The monoisotopic (exact) mass is 381 g/mol. The van der Waals surface area contributed by atoms with Gasteiger partial charge in [-0.25, -0.2) is 4.68 Å². The third-order valence-electron chi connectivity index (χ3n) is 4.61. The summed E-state index contributed by atoms with van der Waals surface area (Å²) in [4.78, 5) is 22.8. The number of rotatable bonds is 6. The van der Waals surface area contributed by atoms with Gasteiger partial charge in [0.15, 0.2) is 0 Å². The molecule has 0 fully saturated rings. The molecule has 0 aliphatic carbocycles. The SMILES string of the molecule is Cc1nn(-c2ccccc2)c(C)c1CN(C)c1ccc([N+](=O)[O-])cc1[N+](=O)[O-]. The highest BCUT2D eigenvalue weighted by molar-refractivity contribution is 5.66. The maximum atomic E-state index is 11.4. The summed E-state index contributed by atoms with van der Waals surface area (Å²) < 4.78 is 1.84. The second-order valence-electron chi connectivity index (χ2n) is 6.44. The molecule has 9 nitrogen and oxygen atoms in total. The van der Waals surface area contributed by atoms with E-state index in [-0.39, 0.29) is 11.4 Å². The molecule has 0 bridgehead atoms. The third kappa shape index (κ3) is 3.54. The van der Waals surface area contributed by atoms with E-state index >= 15 is 0 Å². The first-order valence-corrected chi connectivity index (χ1v) is 8.54. The molecule has 0 saturated carbocycles. The predicted molar refractivity (Wildman–Crippen MR) is 105 cm³/mol. The summed E-state index contributed by atoms with van der Waals surface area (Å²) in [6.07, 6.45) is 0. The van der Waals surface area contributed by atoms with E-state index in [1.165, 1.54) is 12.1 Å². The van der Waals surface area contributed by atoms with E-state index in [2.05, 4.69) is 5.10 Å². The lowest BCUT2D eigenvalue weighted by Gasteiger charge is -2.19. The van der Waals surface area contributed by atoms with E-state index in [9.17, 15) is 20.2 Å². The molecule has 0 N–H and O–H groups in total. The van der Waals surface area contributed by atoms with E-state index in [0.717, 1.165) is 28.7 Å². The summed E-state index contributed by atoms with van der Waals surface area (Å²) in [5, 5.41) is 26.9. The van der Waals surface area contributed by atoms with Gasteiger partial charge in [-0.3, -0.25) is 20.2 Å². The van der Waals surface area contributed by atoms with Gasteiger partial charge in [0.25, 0.3) is 11.4 Å². The average Bonchev–Trinajstić information content (AvgIpc) is 2.96. The third-order valence-corrected chi connectivity index (χ3v) is 4.61. The van der Waals surface area contributed by atoms with E-state index in [4.69, 9.17) is 0 Å². The van der Waals surface area contributed by atoms with Crippen LogP contribution in [0.15, 0.2) is 48.5 Å². The molecule has 3 aromatic rings. The van der Waals surface area contributed by atoms with E-state index < -0.39 is 9.85 Å². The number of nitrogens with zero attached hydrogens (tertiary/aromatic N) is 5. The van der Waals surface area contributed by atoms with Crippen molar-refractivity contribution >= 4 is 17.1 Å². The van der Waals surface area contributed by atoms with E-state index in [0.29, 0.717) is 12.2 Å². The highest BCUT2D eigenvalue weighted by atomic mass is 16.6. The minimum Gasteiger partial charge on any atom is -0.365 e. The van der Waals surface area contributed by atoms with Crippen molar-refractivity contribution in [3.8, 4) is 5.69 Å². The Balaban J connectivity index is 1.96. The molecule has 144 valence electrons. The van der Waals surface area contributed by atoms with Crippen LogP contribution in [0.5, 0.6) is 0 Å². The van der Waals surface area contributed by atoms with Crippen molar-refractivity contribution < 1.29 is 9.85 Å². The van der Waals surface area contributed by atoms with Crippen LogP contribution in [0.25, 0.3) is 5.69 Å². The fourth-order valence-corrected chi connectivity index (χ4v) is 3.14. The summed E-state index contributed by atoms with van der Waals surface area (Å²) in [5.41, 5.74) is 3.31. The fraction of sp³-hybridized carbons (Fsp3) is 0.211. The van der Waals surface area contributed by atoms with Gasteiger partial charge in [0.2, 0.25) is 0 Å². The molecule has 0 unspecified atom stereocenters. The first kappa shape index (κ1) is 19.0. The maximum absolute atomic E-state index is 11.4. The van der Waals surface area contributed by atoms with Crippen molar-refractivity contribution in [3.63, 3.8) is 0 Å². The van der Waals surface area contributed by atoms with Crippen LogP contribution in [-0.2, 0) is 6.54 Å². The van der Waals surface area contributed by atoms with Crippen molar-refractivity contribution in [1.29, 1.82) is 0 Å². The van der Waals surface area contributed by atoms with E-state index in [1.54, 1.807) is 11.9 Å². The number of aryl methyl sites for hydroxylation is 1. The first-order chi connectivity index (χ1) is 13.3. The van der Waals surface area contributed by atoms with Gasteiger partial charge < -0.3 is 4.90 Å². The van der Waals surface area contributed by atoms with Crippen LogP contribution < -0.4 is 4.90 Å². The number of nitro benzene ring substituents is 2. The Morgan fingerprint density at radius 3 is 2.32 bits per heavy atom. The molecule has 2 aromatic carbocycles. The van der Waals surface area contributed by atoms with Crippen LogP contribution in [0.2, 0.25) is 0 Å². The zero-order valence-electron chi connectivity index (χ0n) is 15.7. The normalized spacial score (nSPS) is 10.7. The Labute approximate surface area is 161 Å². The van der Waals surface area contributed by atoms with Crippen LogP contribution in [0.3, 0.4) is 0 Å². The number of aromatic nitrogens is 2. The molecule has 0 radical (unpaired) electrons. The Kier molecular flexibility index (Phi) is 5.08. The topological polar surface area (TPSA) is 107 Å². The van der Waals surface area contributed by atoms with Crippen LogP contribution in [0.4, 0.5) is 17.1 Å². The van der Waals surface area contributed by atoms with Crippen LogP contribution in [0, 0.1) is 34.1 Å². The second kappa shape index (κ2) is 7.47. The van der Waals surface area contributed by atoms with Gasteiger partial charge in [-0.15, -0.1) is 0 Å². The maximum Gasteiger partial charge on any atom is 0.299 e. The molecule has 0 aliphatic rings. The second-order valence-corrected chi connectivity index (χ2v) is 6.44. The molecular formula is C19H19N5O4. The summed E-state index contributed by atoms with van der Waals surface area (Å²) in [5.74, 6) is 0. The van der Waals surface area contributed by atoms with Gasteiger partial charge in [-0.2, -0.15) is 5.10 Å². The zero-order chi connectivity index (χ0) is 20.4. The molecule has 3 rings (SSSR count). The van der Waals surface area contributed by atoms with Gasteiger partial charge in [0.1, 0.15) is 5.69 Å². The van der Waals surface area contributed by atoms with Gasteiger partial charge in [0, 0.05) is 30.9 Å². The molecular weight excluding hydrogens is 362 g/mol. The van der Waals surface area contributed by atoms with Gasteiger partial charge in [-0.1, -0.05) is 18.2 Å². The molecule has 1 heterocycles. The number of hydrogen-bond acceptors (Lipinski definition) is 6. The molecule has 0 amide bonds. The van der Waals surface area contributed by atoms with Crippen LogP contribution in [0.1, 0.15) is 17.0 Å². The highest BCUT2D eigenvalue weighted by Gasteiger charge is 2.23. The average molecular weight is 381 g/mol.